The first-order valence-corrected chi connectivity index (χ1v) is 10.4. The van der Waals surface area contributed by atoms with Crippen LogP contribution in [0, 0.1) is 0 Å². The van der Waals surface area contributed by atoms with Gasteiger partial charge in [0.25, 0.3) is 0 Å². The number of fused-ring (bicyclic) bond motifs is 1. The second kappa shape index (κ2) is 7.70. The largest absolute Gasteiger partial charge is 0.492 e. The number of nitrogens with one attached hydrogen (secondary N) is 1. The van der Waals surface area contributed by atoms with Crippen molar-refractivity contribution in [1.29, 1.82) is 0 Å². The summed E-state index contributed by atoms with van der Waals surface area (Å²) in [4.78, 5) is 13.5. The molecular weight excluding hydrogens is 364 g/mol. The van der Waals surface area contributed by atoms with Crippen LogP contribution in [0.3, 0.4) is 0 Å². The summed E-state index contributed by atoms with van der Waals surface area (Å²) in [5.74, 6) is 1.06. The minimum Gasteiger partial charge on any atom is -0.492 e. The molecule has 1 N–H and O–H groups in total. The zero-order valence-corrected chi connectivity index (χ0v) is 16.5. The van der Waals surface area contributed by atoms with Crippen LogP contribution in [0.1, 0.15) is 30.9 Å². The lowest BCUT2D eigenvalue weighted by molar-refractivity contribution is -0.117. The van der Waals surface area contributed by atoms with Gasteiger partial charge in [-0.25, -0.2) is 13.1 Å². The highest BCUT2D eigenvalue weighted by molar-refractivity contribution is 7.89. The first-order chi connectivity index (χ1) is 12.8. The van der Waals surface area contributed by atoms with Crippen molar-refractivity contribution < 1.29 is 17.9 Å². The third-order valence-electron chi connectivity index (χ3n) is 4.63. The summed E-state index contributed by atoms with van der Waals surface area (Å²) in [7, 11) is -1.97. The van der Waals surface area contributed by atoms with E-state index in [4.69, 9.17) is 4.74 Å². The first kappa shape index (κ1) is 19.4. The maximum Gasteiger partial charge on any atom is 0.240 e. The van der Waals surface area contributed by atoms with Gasteiger partial charge in [0, 0.05) is 19.3 Å². The number of hydrogen-bond donors (Lipinski definition) is 1. The zero-order valence-electron chi connectivity index (χ0n) is 15.7. The molecule has 0 atom stereocenters. The number of amides is 1. The molecule has 0 bridgehead atoms. The smallest absolute Gasteiger partial charge is 0.240 e. The number of carbonyl (C=O) groups excluding carboxylic acids is 1. The molecule has 7 heteroatoms. The van der Waals surface area contributed by atoms with Gasteiger partial charge < -0.3 is 9.64 Å². The van der Waals surface area contributed by atoms with E-state index in [0.717, 1.165) is 22.6 Å². The van der Waals surface area contributed by atoms with Crippen LogP contribution < -0.4 is 14.4 Å². The normalized spacial score (nSPS) is 13.9. The molecule has 0 saturated carbocycles. The van der Waals surface area contributed by atoms with Crippen molar-refractivity contribution in [3.8, 4) is 5.75 Å². The van der Waals surface area contributed by atoms with Gasteiger partial charge in [-0.05, 0) is 41.3 Å². The highest BCUT2D eigenvalue weighted by atomic mass is 32.2. The molecule has 1 amide bonds. The predicted molar refractivity (Wildman–Crippen MR) is 105 cm³/mol. The number of hydrogen-bond acceptors (Lipinski definition) is 4. The summed E-state index contributed by atoms with van der Waals surface area (Å²) in [6.07, 6.45) is 0.226. The molecule has 2 aromatic rings. The molecule has 0 radical (unpaired) electrons. The molecule has 0 spiro atoms. The number of benzene rings is 2. The van der Waals surface area contributed by atoms with Gasteiger partial charge in [0.05, 0.1) is 11.3 Å². The van der Waals surface area contributed by atoms with Gasteiger partial charge in [-0.3, -0.25) is 4.79 Å². The number of ether oxygens (including phenoxy) is 1. The van der Waals surface area contributed by atoms with Crippen LogP contribution >= 0.6 is 0 Å². The maximum atomic E-state index is 12.5. The van der Waals surface area contributed by atoms with Gasteiger partial charge in [0.1, 0.15) is 12.4 Å². The number of anilines is 1. The highest BCUT2D eigenvalue weighted by Gasteiger charge is 2.26. The Hall–Kier alpha value is -2.38. The summed E-state index contributed by atoms with van der Waals surface area (Å²) in [6, 6.07) is 12.5. The fourth-order valence-corrected chi connectivity index (χ4v) is 4.19. The van der Waals surface area contributed by atoms with Crippen molar-refractivity contribution in [2.24, 2.45) is 0 Å². The summed E-state index contributed by atoms with van der Waals surface area (Å²) >= 11 is 0. The molecule has 1 heterocycles. The number of sulfonamides is 1. The molecule has 0 aliphatic carbocycles. The van der Waals surface area contributed by atoms with E-state index in [0.29, 0.717) is 5.92 Å². The second-order valence-electron chi connectivity index (χ2n) is 6.86. The standard InChI is InChI=1S/C20H24N2O4S/c1-14(2)17-6-4-5-7-19(17)26-11-10-21-27(24,25)16-8-9-18-15(12-16)13-20(23)22(18)3/h4-9,12,14,21H,10-11,13H2,1-3H3. The van der Waals surface area contributed by atoms with Crippen molar-refractivity contribution in [3.05, 3.63) is 53.6 Å². The third-order valence-corrected chi connectivity index (χ3v) is 6.09. The molecule has 1 aliphatic heterocycles. The third kappa shape index (κ3) is 4.14. The molecule has 0 fully saturated rings. The molecule has 1 aliphatic rings. The molecule has 3 rings (SSSR count). The predicted octanol–water partition coefficient (Wildman–Crippen LogP) is 2.69. The molecule has 27 heavy (non-hydrogen) atoms. The average molecular weight is 388 g/mol. The molecule has 0 aromatic heterocycles. The van der Waals surface area contributed by atoms with Crippen LogP contribution in [0.5, 0.6) is 5.75 Å². The number of likely N-dealkylation sites (N-methyl/N-ethyl adjacent to an activating group) is 1. The Kier molecular flexibility index (Phi) is 5.53. The van der Waals surface area contributed by atoms with E-state index in [1.165, 1.54) is 6.07 Å². The number of nitrogens with zero attached hydrogens (tertiary/aromatic N) is 1. The van der Waals surface area contributed by atoms with Crippen molar-refractivity contribution in [3.63, 3.8) is 0 Å². The maximum absolute atomic E-state index is 12.5. The summed E-state index contributed by atoms with van der Waals surface area (Å²) < 4.78 is 33.3. The Morgan fingerprint density at radius 1 is 1.19 bits per heavy atom. The lowest BCUT2D eigenvalue weighted by atomic mass is 10.0. The second-order valence-corrected chi connectivity index (χ2v) is 8.63. The van der Waals surface area contributed by atoms with Crippen LogP contribution in [0.4, 0.5) is 5.69 Å². The fraction of sp³-hybridized carbons (Fsp3) is 0.350. The summed E-state index contributed by atoms with van der Waals surface area (Å²) in [6.45, 7) is 4.56. The molecule has 144 valence electrons. The first-order valence-electron chi connectivity index (χ1n) is 8.90. The van der Waals surface area contributed by atoms with E-state index < -0.39 is 10.0 Å². The Morgan fingerprint density at radius 2 is 1.93 bits per heavy atom. The van der Waals surface area contributed by atoms with Crippen molar-refractivity contribution in [2.75, 3.05) is 25.1 Å². The Labute approximate surface area is 160 Å². The summed E-state index contributed by atoms with van der Waals surface area (Å²) in [5, 5.41) is 0. The Morgan fingerprint density at radius 3 is 2.67 bits per heavy atom. The molecule has 0 saturated heterocycles. The van der Waals surface area contributed by atoms with Crippen LogP contribution in [0.15, 0.2) is 47.4 Å². The van der Waals surface area contributed by atoms with Gasteiger partial charge in [-0.2, -0.15) is 0 Å². The Bertz CT molecular complexity index is 954. The lowest BCUT2D eigenvalue weighted by Gasteiger charge is -2.14. The van der Waals surface area contributed by atoms with E-state index in [1.54, 1.807) is 24.1 Å². The van der Waals surface area contributed by atoms with Crippen molar-refractivity contribution in [1.82, 2.24) is 4.72 Å². The van der Waals surface area contributed by atoms with Gasteiger partial charge in [-0.1, -0.05) is 32.0 Å². The minimum atomic E-state index is -3.66. The SMILES string of the molecule is CC(C)c1ccccc1OCCNS(=O)(=O)c1ccc2c(c1)CC(=O)N2C. The zero-order chi connectivity index (χ0) is 19.6. The monoisotopic (exact) mass is 388 g/mol. The van der Waals surface area contributed by atoms with Gasteiger partial charge in [0.15, 0.2) is 0 Å². The minimum absolute atomic E-state index is 0.0373. The average Bonchev–Trinajstić information content (AvgIpc) is 2.92. The fourth-order valence-electron chi connectivity index (χ4n) is 3.12. The van der Waals surface area contributed by atoms with Crippen molar-refractivity contribution in [2.45, 2.75) is 31.1 Å². The summed E-state index contributed by atoms with van der Waals surface area (Å²) in [5.41, 5.74) is 2.58. The number of carbonyl (C=O) groups is 1. The lowest BCUT2D eigenvalue weighted by Crippen LogP contribution is -2.28. The number of para-hydroxylation sites is 1. The van der Waals surface area contributed by atoms with Crippen molar-refractivity contribution >= 4 is 21.6 Å². The van der Waals surface area contributed by atoms with Crippen LogP contribution in [-0.4, -0.2) is 34.5 Å². The van der Waals surface area contributed by atoms with E-state index in [9.17, 15) is 13.2 Å². The Balaban J connectivity index is 1.62. The van der Waals surface area contributed by atoms with Crippen LogP contribution in [-0.2, 0) is 21.2 Å². The molecular formula is C20H24N2O4S. The van der Waals surface area contributed by atoms with Gasteiger partial charge >= 0.3 is 0 Å². The topological polar surface area (TPSA) is 75.7 Å². The van der Waals surface area contributed by atoms with Gasteiger partial charge in [0.2, 0.25) is 15.9 Å². The molecule has 2 aromatic carbocycles. The van der Waals surface area contributed by atoms with Gasteiger partial charge in [-0.15, -0.1) is 0 Å². The quantitative estimate of drug-likeness (QED) is 0.740. The van der Waals surface area contributed by atoms with E-state index in [2.05, 4.69) is 18.6 Å². The van der Waals surface area contributed by atoms with Crippen LogP contribution in [0.25, 0.3) is 0 Å². The number of rotatable bonds is 7. The highest BCUT2D eigenvalue weighted by Crippen LogP contribution is 2.29. The van der Waals surface area contributed by atoms with E-state index in [-0.39, 0.29) is 30.4 Å². The molecule has 0 unspecified atom stereocenters. The van der Waals surface area contributed by atoms with E-state index >= 15 is 0 Å². The van der Waals surface area contributed by atoms with E-state index in [1.807, 2.05) is 24.3 Å². The molecule has 6 nitrogen and oxygen atoms in total. The van der Waals surface area contributed by atoms with Crippen LogP contribution in [0.2, 0.25) is 0 Å².